The molecule has 0 atom stereocenters. The third kappa shape index (κ3) is 15.0. The largest absolute Gasteiger partial charge is 0.478 e. The number of rotatable bonds is 8. The number of alkyl halides is 3. The summed E-state index contributed by atoms with van der Waals surface area (Å²) in [5, 5.41) is 20.4. The standard InChI is InChI=1S/C10H11BrO2S.C7H6O2S.C3H6Br2/c11-6-1-7-14-9-4-2-8(3-5-9)10(12)13;8-7(9)5-1-3-6(10)4-2-5;4-2-1-3-5/h2-5H,1,6-7H2,(H,12,13);1-4,10H,(H,8,9);1-3H2. The van der Waals surface area contributed by atoms with Crippen molar-refractivity contribution >= 4 is 84.1 Å². The van der Waals surface area contributed by atoms with Gasteiger partial charge in [-0.05, 0) is 67.1 Å². The molecule has 9 heteroatoms. The van der Waals surface area contributed by atoms with E-state index < -0.39 is 11.9 Å². The number of carboxylic acids is 2. The van der Waals surface area contributed by atoms with Crippen LogP contribution in [0.15, 0.2) is 58.3 Å². The molecule has 0 aromatic heterocycles. The van der Waals surface area contributed by atoms with E-state index in [9.17, 15) is 9.59 Å². The molecular formula is C20H23Br3O4S2. The summed E-state index contributed by atoms with van der Waals surface area (Å²) >= 11 is 15.7. The number of hydrogen-bond donors (Lipinski definition) is 3. The minimum atomic E-state index is -0.909. The van der Waals surface area contributed by atoms with Crippen LogP contribution in [-0.4, -0.2) is 43.9 Å². The minimum Gasteiger partial charge on any atom is -0.478 e. The lowest BCUT2D eigenvalue weighted by atomic mass is 10.2. The molecule has 0 fully saturated rings. The number of benzene rings is 2. The van der Waals surface area contributed by atoms with Crippen LogP contribution in [0.4, 0.5) is 0 Å². The SMILES string of the molecule is BrCCCBr.O=C(O)c1ccc(S)cc1.O=C(O)c1ccc(SCCCBr)cc1. The van der Waals surface area contributed by atoms with Crippen molar-refractivity contribution in [3.8, 4) is 0 Å². The number of halogens is 3. The van der Waals surface area contributed by atoms with Gasteiger partial charge in [0.1, 0.15) is 0 Å². The molecule has 0 aliphatic rings. The summed E-state index contributed by atoms with van der Waals surface area (Å²) in [6.45, 7) is 0. The highest BCUT2D eigenvalue weighted by Crippen LogP contribution is 2.19. The number of aromatic carboxylic acids is 2. The van der Waals surface area contributed by atoms with E-state index in [-0.39, 0.29) is 5.56 Å². The zero-order chi connectivity index (χ0) is 22.1. The Morgan fingerprint density at radius 1 is 0.759 bits per heavy atom. The molecule has 160 valence electrons. The Labute approximate surface area is 206 Å². The topological polar surface area (TPSA) is 74.6 Å². The molecule has 4 nitrogen and oxygen atoms in total. The predicted octanol–water partition coefficient (Wildman–Crippen LogP) is 7.10. The van der Waals surface area contributed by atoms with Crippen LogP contribution in [0.25, 0.3) is 0 Å². The Kier molecular flexibility index (Phi) is 18.0. The molecule has 0 spiro atoms. The molecule has 2 aromatic carbocycles. The van der Waals surface area contributed by atoms with E-state index in [1.54, 1.807) is 36.0 Å². The summed E-state index contributed by atoms with van der Waals surface area (Å²) in [6, 6.07) is 13.3. The van der Waals surface area contributed by atoms with Gasteiger partial charge < -0.3 is 10.2 Å². The second-order valence-corrected chi connectivity index (χ2v) is 9.37. The van der Waals surface area contributed by atoms with Crippen LogP contribution < -0.4 is 0 Å². The van der Waals surface area contributed by atoms with Crippen molar-refractivity contribution in [2.24, 2.45) is 0 Å². The third-order valence-corrected chi connectivity index (χ3v) is 6.11. The van der Waals surface area contributed by atoms with Crippen LogP contribution in [0.1, 0.15) is 33.6 Å². The molecule has 0 aliphatic carbocycles. The van der Waals surface area contributed by atoms with Gasteiger partial charge in [-0.2, -0.15) is 0 Å². The van der Waals surface area contributed by atoms with E-state index >= 15 is 0 Å². The first kappa shape index (κ1) is 28.5. The van der Waals surface area contributed by atoms with E-state index in [2.05, 4.69) is 60.4 Å². The van der Waals surface area contributed by atoms with Gasteiger partial charge in [-0.25, -0.2) is 9.59 Å². The van der Waals surface area contributed by atoms with Gasteiger partial charge in [0, 0.05) is 25.8 Å². The fraction of sp³-hybridized carbons (Fsp3) is 0.300. The second-order valence-electron chi connectivity index (χ2n) is 5.30. The maximum atomic E-state index is 10.6. The zero-order valence-corrected chi connectivity index (χ0v) is 22.0. The quantitative estimate of drug-likeness (QED) is 0.126. The van der Waals surface area contributed by atoms with Crippen molar-refractivity contribution in [2.75, 3.05) is 21.7 Å². The molecule has 0 heterocycles. The highest BCUT2D eigenvalue weighted by atomic mass is 79.9. The number of carbonyl (C=O) groups is 2. The van der Waals surface area contributed by atoms with Gasteiger partial charge in [0.05, 0.1) is 11.1 Å². The summed E-state index contributed by atoms with van der Waals surface area (Å²) < 4.78 is 0. The number of carboxylic acid groups (broad SMARTS) is 2. The monoisotopic (exact) mass is 628 g/mol. The molecule has 0 aliphatic heterocycles. The van der Waals surface area contributed by atoms with Crippen LogP contribution in [0, 0.1) is 0 Å². The van der Waals surface area contributed by atoms with Gasteiger partial charge in [-0.1, -0.05) is 47.8 Å². The lowest BCUT2D eigenvalue weighted by Crippen LogP contribution is -1.94. The Morgan fingerprint density at radius 3 is 1.52 bits per heavy atom. The maximum absolute atomic E-state index is 10.6. The minimum absolute atomic E-state index is 0.290. The molecule has 29 heavy (non-hydrogen) atoms. The van der Waals surface area contributed by atoms with E-state index in [0.29, 0.717) is 5.56 Å². The van der Waals surface area contributed by atoms with Crippen molar-refractivity contribution in [3.63, 3.8) is 0 Å². The first-order valence-electron chi connectivity index (χ1n) is 8.52. The zero-order valence-electron chi connectivity index (χ0n) is 15.6. The molecule has 0 saturated carbocycles. The van der Waals surface area contributed by atoms with Crippen molar-refractivity contribution in [3.05, 3.63) is 59.7 Å². The predicted molar refractivity (Wildman–Crippen MR) is 135 cm³/mol. The third-order valence-electron chi connectivity index (χ3n) is 3.03. The maximum Gasteiger partial charge on any atom is 0.335 e. The van der Waals surface area contributed by atoms with Gasteiger partial charge >= 0.3 is 11.9 Å². The average Bonchev–Trinajstić information content (AvgIpc) is 2.70. The van der Waals surface area contributed by atoms with Crippen LogP contribution >= 0.6 is 72.2 Å². The van der Waals surface area contributed by atoms with Crippen LogP contribution in [0.2, 0.25) is 0 Å². The second kappa shape index (κ2) is 18.3. The van der Waals surface area contributed by atoms with Crippen molar-refractivity contribution in [1.29, 1.82) is 0 Å². The normalized spacial score (nSPS) is 9.52. The summed E-state index contributed by atoms with van der Waals surface area (Å²) in [6.07, 6.45) is 2.34. The van der Waals surface area contributed by atoms with Gasteiger partial charge in [-0.3, -0.25) is 0 Å². The van der Waals surface area contributed by atoms with Crippen LogP contribution in [0.5, 0.6) is 0 Å². The fourth-order valence-electron chi connectivity index (χ4n) is 1.59. The lowest BCUT2D eigenvalue weighted by molar-refractivity contribution is 0.0686. The number of hydrogen-bond acceptors (Lipinski definition) is 4. The first-order chi connectivity index (χ1) is 13.8. The van der Waals surface area contributed by atoms with Crippen LogP contribution in [-0.2, 0) is 0 Å². The molecule has 0 radical (unpaired) electrons. The van der Waals surface area contributed by atoms with Crippen molar-refractivity contribution in [2.45, 2.75) is 22.6 Å². The summed E-state index contributed by atoms with van der Waals surface area (Å²) in [5.74, 6) is -0.729. The summed E-state index contributed by atoms with van der Waals surface area (Å²) in [7, 11) is 0. The number of thioether (sulfide) groups is 1. The molecule has 0 bridgehead atoms. The highest BCUT2D eigenvalue weighted by molar-refractivity contribution is 9.09. The molecular weight excluding hydrogens is 608 g/mol. The molecule has 2 aromatic rings. The lowest BCUT2D eigenvalue weighted by Gasteiger charge is -2.00. The van der Waals surface area contributed by atoms with Gasteiger partial charge in [0.25, 0.3) is 0 Å². The Bertz CT molecular complexity index is 709. The van der Waals surface area contributed by atoms with E-state index in [0.717, 1.165) is 38.0 Å². The van der Waals surface area contributed by atoms with Gasteiger partial charge in [-0.15, -0.1) is 24.4 Å². The molecule has 0 amide bonds. The summed E-state index contributed by atoms with van der Waals surface area (Å²) in [4.78, 5) is 22.7. The smallest absolute Gasteiger partial charge is 0.335 e. The average molecular weight is 631 g/mol. The molecule has 0 saturated heterocycles. The molecule has 2 N–H and O–H groups in total. The van der Waals surface area contributed by atoms with E-state index in [1.807, 2.05) is 12.1 Å². The fourth-order valence-corrected chi connectivity index (χ4v) is 4.56. The van der Waals surface area contributed by atoms with Crippen molar-refractivity contribution in [1.82, 2.24) is 0 Å². The highest BCUT2D eigenvalue weighted by Gasteiger charge is 2.01. The molecule has 0 unspecified atom stereocenters. The van der Waals surface area contributed by atoms with Gasteiger partial charge in [0.2, 0.25) is 0 Å². The van der Waals surface area contributed by atoms with Crippen LogP contribution in [0.3, 0.4) is 0 Å². The Morgan fingerprint density at radius 2 is 1.17 bits per heavy atom. The van der Waals surface area contributed by atoms with E-state index in [4.69, 9.17) is 10.2 Å². The van der Waals surface area contributed by atoms with E-state index in [1.165, 1.54) is 18.6 Å². The van der Waals surface area contributed by atoms with Gasteiger partial charge in [0.15, 0.2) is 0 Å². The first-order valence-corrected chi connectivity index (χ1v) is 13.3. The number of thiol groups is 1. The Balaban J connectivity index is 0.000000455. The Hall–Kier alpha value is -0.480. The van der Waals surface area contributed by atoms with Crippen molar-refractivity contribution < 1.29 is 19.8 Å². The molecule has 2 rings (SSSR count). The summed E-state index contributed by atoms with van der Waals surface area (Å²) in [5.41, 5.74) is 0.632.